The number of halogens is 3. The number of rotatable bonds is 9. The molecule has 0 aromatic heterocycles. The second-order valence-corrected chi connectivity index (χ2v) is 14.5. The van der Waals surface area contributed by atoms with Crippen molar-refractivity contribution in [1.29, 1.82) is 0 Å². The summed E-state index contributed by atoms with van der Waals surface area (Å²) in [5.41, 5.74) is 1.71. The summed E-state index contributed by atoms with van der Waals surface area (Å²) in [6.45, 7) is 10.7. The van der Waals surface area contributed by atoms with Crippen molar-refractivity contribution in [2.24, 2.45) is 0 Å². The highest BCUT2D eigenvalue weighted by Gasteiger charge is 2.55. The van der Waals surface area contributed by atoms with E-state index in [0.717, 1.165) is 16.7 Å². The molecule has 2 N–H and O–H groups in total. The summed E-state index contributed by atoms with van der Waals surface area (Å²) < 4.78 is 6.30. The highest BCUT2D eigenvalue weighted by molar-refractivity contribution is 6.32. The number of carbonyl (C=O) groups is 2. The minimum atomic E-state index is -1.44. The third-order valence-corrected chi connectivity index (χ3v) is 9.90. The molecule has 3 atom stereocenters. The lowest BCUT2D eigenvalue weighted by Crippen LogP contribution is -2.62. The third-order valence-electron chi connectivity index (χ3n) is 9.08. The van der Waals surface area contributed by atoms with Crippen LogP contribution in [0.4, 0.5) is 0 Å². The molecule has 258 valence electrons. The summed E-state index contributed by atoms with van der Waals surface area (Å²) in [5.74, 6) is 0.247. The molecule has 12 heteroatoms. The summed E-state index contributed by atoms with van der Waals surface area (Å²) in [5, 5.41) is 10.5. The fourth-order valence-electron chi connectivity index (χ4n) is 6.40. The van der Waals surface area contributed by atoms with E-state index >= 15 is 4.79 Å². The molecule has 0 bridgehead atoms. The zero-order chi connectivity index (χ0) is 34.8. The zero-order valence-electron chi connectivity index (χ0n) is 28.3. The normalized spacial score (nSPS) is 21.7. The quantitative estimate of drug-likeness (QED) is 0.250. The number of ether oxygens (including phenoxy) is 1. The molecule has 2 fully saturated rings. The number of likely N-dealkylation sites (N-methyl/N-ethyl adjacent to an activating group) is 1. The highest BCUT2D eigenvalue weighted by atomic mass is 35.5. The monoisotopic (exact) mass is 715 g/mol. The van der Waals surface area contributed by atoms with Gasteiger partial charge in [-0.25, -0.2) is 5.06 Å². The Bertz CT molecular complexity index is 1550. The van der Waals surface area contributed by atoms with E-state index in [0.29, 0.717) is 59.2 Å². The van der Waals surface area contributed by atoms with E-state index < -0.39 is 5.66 Å². The van der Waals surface area contributed by atoms with Crippen molar-refractivity contribution in [3.8, 4) is 5.75 Å². The van der Waals surface area contributed by atoms with Crippen LogP contribution in [0.2, 0.25) is 15.1 Å². The van der Waals surface area contributed by atoms with Crippen LogP contribution in [0.1, 0.15) is 62.0 Å². The first-order valence-corrected chi connectivity index (χ1v) is 17.3. The Hall–Kier alpha value is -2.89. The summed E-state index contributed by atoms with van der Waals surface area (Å²) in [4.78, 5) is 36.6. The second kappa shape index (κ2) is 14.9. The minimum Gasteiger partial charge on any atom is -0.493 e. The first-order valence-electron chi connectivity index (χ1n) is 16.1. The molecular formula is C36H44Cl3N5O4. The van der Waals surface area contributed by atoms with E-state index in [1.165, 1.54) is 12.2 Å². The van der Waals surface area contributed by atoms with Crippen LogP contribution in [-0.2, 0) is 25.5 Å². The van der Waals surface area contributed by atoms with Crippen LogP contribution in [0.25, 0.3) is 0 Å². The Morgan fingerprint density at radius 2 is 1.42 bits per heavy atom. The predicted molar refractivity (Wildman–Crippen MR) is 190 cm³/mol. The molecule has 0 aliphatic carbocycles. The maximum Gasteiger partial charge on any atom is 0.262 e. The first-order chi connectivity index (χ1) is 22.8. The molecule has 2 aliphatic rings. The average Bonchev–Trinajstić information content (AvgIpc) is 3.47. The maximum atomic E-state index is 15.2. The molecule has 0 spiro atoms. The molecule has 1 unspecified atom stereocenters. The van der Waals surface area contributed by atoms with Crippen LogP contribution < -0.4 is 15.4 Å². The Balaban J connectivity index is 1.62. The topological polar surface area (TPSA) is 86.4 Å². The summed E-state index contributed by atoms with van der Waals surface area (Å²) in [6, 6.07) is 18.4. The number of benzene rings is 3. The fourth-order valence-corrected chi connectivity index (χ4v) is 7.09. The van der Waals surface area contributed by atoms with Crippen LogP contribution in [0, 0.1) is 0 Å². The first kappa shape index (κ1) is 36.4. The van der Waals surface area contributed by atoms with Gasteiger partial charge in [-0.05, 0) is 65.4 Å². The molecule has 5 rings (SSSR count). The van der Waals surface area contributed by atoms with E-state index in [1.54, 1.807) is 7.05 Å². The number of nitrogens with zero attached hydrogens (tertiary/aromatic N) is 3. The van der Waals surface area contributed by atoms with Crippen LogP contribution in [0.3, 0.4) is 0 Å². The van der Waals surface area contributed by atoms with Gasteiger partial charge in [-0.3, -0.25) is 30.0 Å². The molecule has 2 aliphatic heterocycles. The van der Waals surface area contributed by atoms with Crippen molar-refractivity contribution in [3.05, 3.63) is 98.0 Å². The molecule has 0 radical (unpaired) electrons. The van der Waals surface area contributed by atoms with Crippen molar-refractivity contribution in [1.82, 2.24) is 25.5 Å². The average molecular weight is 717 g/mol. The molecule has 2 heterocycles. The Morgan fingerprint density at radius 3 is 1.88 bits per heavy atom. The van der Waals surface area contributed by atoms with Gasteiger partial charge in [0.25, 0.3) is 11.8 Å². The lowest BCUT2D eigenvalue weighted by Gasteiger charge is -2.41. The van der Waals surface area contributed by atoms with Gasteiger partial charge in [-0.2, -0.15) is 0 Å². The van der Waals surface area contributed by atoms with E-state index in [4.69, 9.17) is 44.4 Å². The molecule has 2 amide bonds. The molecule has 2 saturated heterocycles. The maximum absolute atomic E-state index is 15.2. The number of hydrogen-bond donors (Lipinski definition) is 2. The second-order valence-electron chi connectivity index (χ2n) is 13.3. The number of nitrogens with one attached hydrogen (secondary N) is 2. The fraction of sp³-hybridized carbons (Fsp3) is 0.444. The minimum absolute atomic E-state index is 0.153. The van der Waals surface area contributed by atoms with Crippen molar-refractivity contribution >= 4 is 46.6 Å². The summed E-state index contributed by atoms with van der Waals surface area (Å²) >= 11 is 19.7. The van der Waals surface area contributed by atoms with Gasteiger partial charge in [-0.1, -0.05) is 79.8 Å². The van der Waals surface area contributed by atoms with E-state index in [1.807, 2.05) is 77.4 Å². The number of carbonyl (C=O) groups excluding carboxylic acids is 2. The largest absolute Gasteiger partial charge is 0.493 e. The van der Waals surface area contributed by atoms with E-state index in [9.17, 15) is 4.79 Å². The van der Waals surface area contributed by atoms with Crippen molar-refractivity contribution in [2.75, 3.05) is 53.5 Å². The summed E-state index contributed by atoms with van der Waals surface area (Å²) in [7, 11) is 3.05. The zero-order valence-corrected chi connectivity index (χ0v) is 30.5. The molecular weight excluding hydrogens is 673 g/mol. The van der Waals surface area contributed by atoms with Crippen LogP contribution >= 0.6 is 34.8 Å². The Morgan fingerprint density at radius 1 is 0.896 bits per heavy atom. The van der Waals surface area contributed by atoms with Gasteiger partial charge in [-0.15, -0.1) is 0 Å². The highest BCUT2D eigenvalue weighted by Crippen LogP contribution is 2.47. The van der Waals surface area contributed by atoms with E-state index in [2.05, 4.69) is 31.4 Å². The van der Waals surface area contributed by atoms with Gasteiger partial charge in [0.1, 0.15) is 5.75 Å². The van der Waals surface area contributed by atoms with Crippen molar-refractivity contribution in [2.45, 2.75) is 50.9 Å². The standard InChI is InChI=1S/C36H44Cl3N5O4/c1-7-48-30-21-27(35(2,3)4)29(39)20-28(30)36(34(46)44-18-16-43(17-19-44)22-31(45)42(5)47-6)40-32(23-8-12-25(37)13-9-23)33(41-36)24-10-14-26(38)15-11-24/h8-15,20-21,32-33,40-41H,7,16-19,22H2,1-6H3/t32-,33+,36?. The Kier molecular flexibility index (Phi) is 11.3. The summed E-state index contributed by atoms with van der Waals surface area (Å²) in [6.07, 6.45) is 0. The number of amides is 2. The van der Waals surface area contributed by atoms with Crippen molar-refractivity contribution < 1.29 is 19.2 Å². The van der Waals surface area contributed by atoms with Gasteiger partial charge < -0.3 is 9.64 Å². The van der Waals surface area contributed by atoms with Crippen molar-refractivity contribution in [3.63, 3.8) is 0 Å². The SMILES string of the molecule is CCOc1cc(C(C)(C)C)c(Cl)cc1C1(C(=O)N2CCN(CC(=O)N(C)OC)CC2)N[C@H](c2ccc(Cl)cc2)[C@H](c2ccc(Cl)cc2)N1. The number of piperazine rings is 1. The lowest BCUT2D eigenvalue weighted by atomic mass is 9.84. The van der Waals surface area contributed by atoms with Gasteiger partial charge in [0.15, 0.2) is 5.66 Å². The Labute approximate surface area is 298 Å². The molecule has 3 aromatic rings. The molecule has 3 aromatic carbocycles. The van der Waals surface area contributed by atoms with Gasteiger partial charge in [0, 0.05) is 53.9 Å². The van der Waals surface area contributed by atoms with E-state index in [-0.39, 0.29) is 35.9 Å². The molecule has 0 saturated carbocycles. The van der Waals surface area contributed by atoms with Gasteiger partial charge >= 0.3 is 0 Å². The predicted octanol–water partition coefficient (Wildman–Crippen LogP) is 6.34. The van der Waals surface area contributed by atoms with Crippen LogP contribution in [0.5, 0.6) is 5.75 Å². The number of hydrogen-bond acceptors (Lipinski definition) is 7. The van der Waals surface area contributed by atoms with Crippen LogP contribution in [-0.4, -0.2) is 80.2 Å². The van der Waals surface area contributed by atoms with Gasteiger partial charge in [0.05, 0.1) is 32.3 Å². The third kappa shape index (κ3) is 7.63. The lowest BCUT2D eigenvalue weighted by molar-refractivity contribution is -0.170. The smallest absolute Gasteiger partial charge is 0.262 e. The van der Waals surface area contributed by atoms with Crippen LogP contribution in [0.15, 0.2) is 60.7 Å². The number of hydroxylamine groups is 2. The van der Waals surface area contributed by atoms with Gasteiger partial charge in [0.2, 0.25) is 0 Å². The molecule has 9 nitrogen and oxygen atoms in total. The molecule has 48 heavy (non-hydrogen) atoms.